The molecule has 4 heteroatoms. The van der Waals surface area contributed by atoms with Crippen LogP contribution in [0, 0.1) is 0 Å². The molecular formula is C66H45N3Si. The summed E-state index contributed by atoms with van der Waals surface area (Å²) in [4.78, 5) is 0. The van der Waals surface area contributed by atoms with E-state index < -0.39 is 8.07 Å². The first-order valence-electron chi connectivity index (χ1n) is 24.2. The van der Waals surface area contributed by atoms with Crippen molar-refractivity contribution in [3.8, 4) is 28.2 Å². The zero-order valence-corrected chi connectivity index (χ0v) is 39.3. The Kier molecular flexibility index (Phi) is 9.23. The van der Waals surface area contributed by atoms with E-state index in [-0.39, 0.29) is 0 Å². The van der Waals surface area contributed by atoms with Crippen LogP contribution in [0.2, 0.25) is 0 Å². The topological polar surface area (TPSA) is 14.8 Å². The van der Waals surface area contributed by atoms with Gasteiger partial charge in [0.15, 0.2) is 8.07 Å². The highest BCUT2D eigenvalue weighted by atomic mass is 28.3. The van der Waals surface area contributed by atoms with Crippen LogP contribution in [-0.2, 0) is 0 Å². The fourth-order valence-corrected chi connectivity index (χ4v) is 16.6. The molecule has 0 bridgehead atoms. The van der Waals surface area contributed by atoms with Gasteiger partial charge in [-0.1, -0.05) is 212 Å². The molecule has 0 radical (unpaired) electrons. The second kappa shape index (κ2) is 16.1. The van der Waals surface area contributed by atoms with Gasteiger partial charge in [-0.3, -0.25) is 0 Å². The Morgan fingerprint density at radius 1 is 0.229 bits per heavy atom. The first kappa shape index (κ1) is 40.1. The molecule has 14 aromatic rings. The summed E-state index contributed by atoms with van der Waals surface area (Å²) >= 11 is 0. The van der Waals surface area contributed by atoms with Gasteiger partial charge in [0.1, 0.15) is 0 Å². The molecule has 0 saturated heterocycles. The number of hydrogen-bond acceptors (Lipinski definition) is 0. The van der Waals surface area contributed by atoms with E-state index >= 15 is 0 Å². The third-order valence-electron chi connectivity index (χ3n) is 14.8. The van der Waals surface area contributed by atoms with Crippen LogP contribution >= 0.6 is 0 Å². The Morgan fingerprint density at radius 2 is 0.657 bits per heavy atom. The number of fused-ring (bicyclic) bond motifs is 9. The summed E-state index contributed by atoms with van der Waals surface area (Å²) in [6.45, 7) is 0. The zero-order chi connectivity index (χ0) is 46.2. The van der Waals surface area contributed by atoms with Crippen molar-refractivity contribution in [2.45, 2.75) is 0 Å². The highest BCUT2D eigenvalue weighted by molar-refractivity contribution is 7.19. The lowest BCUT2D eigenvalue weighted by atomic mass is 10.0. The van der Waals surface area contributed by atoms with Crippen molar-refractivity contribution in [2.24, 2.45) is 0 Å². The van der Waals surface area contributed by atoms with E-state index in [4.69, 9.17) is 0 Å². The SMILES string of the molecule is c1ccc(-c2ccc3c4ccccc4n(-c4cccc5c4c4ccccc4n5-c4ccc5c6ccccc6n(-c6cccc([Si](c7ccccc7)(c7ccccc7)c7ccccc7)c6)c5c4)c3c2)cc1. The minimum atomic E-state index is -2.80. The largest absolute Gasteiger partial charge is 0.309 e. The van der Waals surface area contributed by atoms with Crippen LogP contribution in [0.25, 0.3) is 93.6 Å². The summed E-state index contributed by atoms with van der Waals surface area (Å²) in [7, 11) is -2.80. The molecular weight excluding hydrogens is 863 g/mol. The monoisotopic (exact) mass is 907 g/mol. The Morgan fingerprint density at radius 3 is 1.29 bits per heavy atom. The van der Waals surface area contributed by atoms with Gasteiger partial charge < -0.3 is 13.7 Å². The summed E-state index contributed by atoms with van der Waals surface area (Å²) in [6.07, 6.45) is 0. The van der Waals surface area contributed by atoms with Gasteiger partial charge in [-0.25, -0.2) is 0 Å². The van der Waals surface area contributed by atoms with Gasteiger partial charge in [-0.05, 0) is 92.5 Å². The molecule has 3 aromatic heterocycles. The first-order valence-corrected chi connectivity index (χ1v) is 26.2. The lowest BCUT2D eigenvalue weighted by Crippen LogP contribution is -2.74. The smallest absolute Gasteiger partial charge is 0.179 e. The predicted octanol–water partition coefficient (Wildman–Crippen LogP) is 14.0. The Labute approximate surface area is 407 Å². The third kappa shape index (κ3) is 6.00. The third-order valence-corrected chi connectivity index (χ3v) is 19.5. The Hall–Kier alpha value is -8.96. The first-order chi connectivity index (χ1) is 34.8. The number of benzene rings is 11. The summed E-state index contributed by atoms with van der Waals surface area (Å²) in [6, 6.07) is 101. The number of para-hydroxylation sites is 3. The van der Waals surface area contributed by atoms with E-state index in [1.54, 1.807) is 0 Å². The molecule has 14 rings (SSSR count). The molecule has 0 N–H and O–H groups in total. The van der Waals surface area contributed by atoms with Crippen molar-refractivity contribution in [3.63, 3.8) is 0 Å². The van der Waals surface area contributed by atoms with Crippen molar-refractivity contribution in [1.29, 1.82) is 0 Å². The van der Waals surface area contributed by atoms with E-state index in [0.717, 1.165) is 16.9 Å². The average molecular weight is 908 g/mol. The molecule has 0 aliphatic carbocycles. The van der Waals surface area contributed by atoms with E-state index in [2.05, 4.69) is 287 Å². The minimum absolute atomic E-state index is 1.12. The van der Waals surface area contributed by atoms with E-state index in [0.29, 0.717) is 0 Å². The molecule has 0 amide bonds. The van der Waals surface area contributed by atoms with Crippen molar-refractivity contribution < 1.29 is 0 Å². The van der Waals surface area contributed by atoms with Crippen molar-refractivity contribution >= 4 is 94.2 Å². The van der Waals surface area contributed by atoms with Crippen molar-refractivity contribution in [3.05, 3.63) is 273 Å². The van der Waals surface area contributed by atoms with Crippen LogP contribution in [0.1, 0.15) is 0 Å². The second-order valence-corrected chi connectivity index (χ2v) is 22.2. The molecule has 0 aliphatic heterocycles. The molecule has 0 unspecified atom stereocenters. The molecule has 328 valence electrons. The quantitative estimate of drug-likeness (QED) is 0.107. The molecule has 0 spiro atoms. The summed E-state index contributed by atoms with van der Waals surface area (Å²) in [5, 5.41) is 12.8. The zero-order valence-electron chi connectivity index (χ0n) is 38.3. The van der Waals surface area contributed by atoms with Crippen LogP contribution in [0.3, 0.4) is 0 Å². The van der Waals surface area contributed by atoms with Crippen LogP contribution < -0.4 is 20.7 Å². The van der Waals surface area contributed by atoms with Gasteiger partial charge in [0.25, 0.3) is 0 Å². The highest BCUT2D eigenvalue weighted by Gasteiger charge is 2.41. The normalized spacial score (nSPS) is 12.0. The van der Waals surface area contributed by atoms with Crippen LogP contribution in [0.5, 0.6) is 0 Å². The maximum absolute atomic E-state index is 2.80. The molecule has 11 aromatic carbocycles. The summed E-state index contributed by atoms with van der Waals surface area (Å²) in [5.74, 6) is 0. The Bertz CT molecular complexity index is 4180. The highest BCUT2D eigenvalue weighted by Crippen LogP contribution is 2.42. The van der Waals surface area contributed by atoms with Gasteiger partial charge in [-0.15, -0.1) is 0 Å². The van der Waals surface area contributed by atoms with Gasteiger partial charge in [0.05, 0.1) is 38.8 Å². The second-order valence-electron chi connectivity index (χ2n) is 18.4. The van der Waals surface area contributed by atoms with Crippen LogP contribution in [0.15, 0.2) is 273 Å². The number of nitrogens with zero attached hydrogens (tertiary/aromatic N) is 3. The van der Waals surface area contributed by atoms with Crippen molar-refractivity contribution in [1.82, 2.24) is 13.7 Å². The van der Waals surface area contributed by atoms with Gasteiger partial charge in [0.2, 0.25) is 0 Å². The number of aromatic nitrogens is 3. The standard InChI is InChI=1S/C66H45N3Si/c1-5-21-46(22-6-1)47-39-41-56-55-32-14-17-35-60(55)69(64(56)43-47)63-38-20-37-62-66(63)58-33-15-18-36-61(58)67(62)49-40-42-57-54-31-13-16-34-59(54)68(65(57)45-49)48-23-19-30-53(44-48)70(50-24-7-2-8-25-50,51-26-9-3-10-27-51)52-28-11-4-12-29-52/h1-45H. The fourth-order valence-electron chi connectivity index (χ4n) is 11.8. The number of rotatable bonds is 8. The molecule has 3 heterocycles. The lowest BCUT2D eigenvalue weighted by Gasteiger charge is -2.34. The van der Waals surface area contributed by atoms with E-state index in [1.807, 2.05) is 0 Å². The molecule has 3 nitrogen and oxygen atoms in total. The molecule has 0 saturated carbocycles. The maximum Gasteiger partial charge on any atom is 0.179 e. The van der Waals surface area contributed by atoms with Crippen LogP contribution in [0.4, 0.5) is 0 Å². The van der Waals surface area contributed by atoms with Gasteiger partial charge in [-0.2, -0.15) is 0 Å². The minimum Gasteiger partial charge on any atom is -0.309 e. The van der Waals surface area contributed by atoms with E-state index in [9.17, 15) is 0 Å². The van der Waals surface area contributed by atoms with Gasteiger partial charge >= 0.3 is 0 Å². The average Bonchev–Trinajstić information content (AvgIpc) is 4.08. The van der Waals surface area contributed by atoms with Gasteiger partial charge in [0, 0.05) is 43.7 Å². The molecule has 0 aliphatic rings. The molecule has 70 heavy (non-hydrogen) atoms. The summed E-state index contributed by atoms with van der Waals surface area (Å²) < 4.78 is 7.47. The molecule has 0 fully saturated rings. The lowest BCUT2D eigenvalue weighted by molar-refractivity contribution is 1.15. The van der Waals surface area contributed by atoms with E-state index in [1.165, 1.54) is 97.5 Å². The van der Waals surface area contributed by atoms with Crippen LogP contribution in [-0.4, -0.2) is 21.8 Å². The summed E-state index contributed by atoms with van der Waals surface area (Å²) in [5.41, 5.74) is 12.9. The van der Waals surface area contributed by atoms with Crippen molar-refractivity contribution in [2.75, 3.05) is 0 Å². The molecule has 0 atom stereocenters. The number of hydrogen-bond donors (Lipinski definition) is 0. The maximum atomic E-state index is 2.50. The fraction of sp³-hybridized carbons (Fsp3) is 0. The Balaban J connectivity index is 1.01. The predicted molar refractivity (Wildman–Crippen MR) is 299 cm³/mol.